The molecule has 108 valence electrons. The van der Waals surface area contributed by atoms with E-state index in [0.717, 1.165) is 4.88 Å². The van der Waals surface area contributed by atoms with Crippen LogP contribution in [0.5, 0.6) is 0 Å². The second-order valence-electron chi connectivity index (χ2n) is 4.85. The molecule has 2 rings (SSSR count). The number of Topliss-reactive ketones (excluding diaryl/α,β-unsaturated/α-hetero) is 1. The van der Waals surface area contributed by atoms with E-state index >= 15 is 0 Å². The van der Waals surface area contributed by atoms with Crippen LogP contribution in [0.2, 0.25) is 4.47 Å². The fourth-order valence-corrected chi connectivity index (χ4v) is 17.8. The first-order valence-corrected chi connectivity index (χ1v) is 20.3. The van der Waals surface area contributed by atoms with Crippen molar-refractivity contribution in [3.63, 3.8) is 0 Å². The van der Waals surface area contributed by atoms with Crippen molar-refractivity contribution in [2.75, 3.05) is 0 Å². The molecule has 5 heteroatoms. The molecule has 0 bridgehead atoms. The Kier molecular flexibility index (Phi) is 5.53. The molecule has 0 fully saturated rings. The fraction of sp³-hybridized carbons (Fsp3) is 0.267. The van der Waals surface area contributed by atoms with Crippen molar-refractivity contribution in [2.24, 2.45) is 0 Å². The average molecular weight is 532 g/mol. The molecule has 0 N–H and O–H groups in total. The zero-order valence-corrected chi connectivity index (χ0v) is 17.9. The quantitative estimate of drug-likeness (QED) is 0.401. The van der Waals surface area contributed by atoms with Gasteiger partial charge in [0.15, 0.2) is 0 Å². The van der Waals surface area contributed by atoms with Crippen molar-refractivity contribution >= 4 is 60.0 Å². The van der Waals surface area contributed by atoms with E-state index < -0.39 is 13.8 Å². The summed E-state index contributed by atoms with van der Waals surface area (Å²) >= 11 is 6.58. The molecular formula is C15H16Br2OSTe. The Morgan fingerprint density at radius 2 is 1.80 bits per heavy atom. The Morgan fingerprint density at radius 3 is 2.30 bits per heavy atom. The van der Waals surface area contributed by atoms with Crippen LogP contribution in [0.15, 0.2) is 29.6 Å². The average Bonchev–Trinajstić information content (AvgIpc) is 2.78. The molecule has 0 saturated heterocycles. The molecule has 0 atom stereocenters. The molecule has 1 nitrogen and oxygen atoms in total. The van der Waals surface area contributed by atoms with Gasteiger partial charge in [-0.3, -0.25) is 0 Å². The molecule has 0 aliphatic heterocycles. The number of aryl methyl sites for hydroxylation is 3. The number of halogens is 2. The molecule has 1 aromatic carbocycles. The van der Waals surface area contributed by atoms with Gasteiger partial charge in [-0.25, -0.2) is 0 Å². The van der Waals surface area contributed by atoms with Gasteiger partial charge in [0.1, 0.15) is 0 Å². The van der Waals surface area contributed by atoms with Crippen molar-refractivity contribution < 1.29 is 4.79 Å². The van der Waals surface area contributed by atoms with E-state index in [4.69, 9.17) is 0 Å². The number of hydrogen-bond donors (Lipinski definition) is 0. The van der Waals surface area contributed by atoms with E-state index in [1.54, 1.807) is 0 Å². The van der Waals surface area contributed by atoms with Crippen LogP contribution in [0, 0.1) is 20.8 Å². The summed E-state index contributed by atoms with van der Waals surface area (Å²) in [6, 6.07) is 8.22. The van der Waals surface area contributed by atoms with Crippen LogP contribution in [-0.2, 0) is 0 Å². The Morgan fingerprint density at radius 1 is 1.20 bits per heavy atom. The van der Waals surface area contributed by atoms with Gasteiger partial charge in [0, 0.05) is 0 Å². The van der Waals surface area contributed by atoms with Crippen molar-refractivity contribution in [3.05, 3.63) is 51.2 Å². The van der Waals surface area contributed by atoms with Gasteiger partial charge in [0.25, 0.3) is 0 Å². The molecule has 0 radical (unpaired) electrons. The molecule has 0 amide bonds. The summed E-state index contributed by atoms with van der Waals surface area (Å²) in [6.45, 7) is 6.38. The monoisotopic (exact) mass is 532 g/mol. The van der Waals surface area contributed by atoms with Gasteiger partial charge in [0.2, 0.25) is 0 Å². The number of ketones is 1. The third-order valence-corrected chi connectivity index (χ3v) is 16.7. The van der Waals surface area contributed by atoms with Crippen molar-refractivity contribution in [1.29, 1.82) is 0 Å². The Balaban J connectivity index is 2.33. The van der Waals surface area contributed by atoms with E-state index in [0.29, 0.717) is 4.47 Å². The van der Waals surface area contributed by atoms with Crippen molar-refractivity contribution in [2.45, 2.75) is 25.2 Å². The van der Waals surface area contributed by atoms with E-state index in [9.17, 15) is 4.79 Å². The van der Waals surface area contributed by atoms with Crippen LogP contribution in [0.3, 0.4) is 0 Å². The first-order chi connectivity index (χ1) is 9.31. The third-order valence-electron chi connectivity index (χ3n) is 3.01. The second kappa shape index (κ2) is 6.62. The van der Waals surface area contributed by atoms with Gasteiger partial charge in [-0.05, 0) is 0 Å². The minimum atomic E-state index is -2.72. The molecule has 0 aliphatic rings. The topological polar surface area (TPSA) is 17.1 Å². The molecule has 0 unspecified atom stereocenters. The summed E-state index contributed by atoms with van der Waals surface area (Å²) in [7, 11) is 0. The van der Waals surface area contributed by atoms with E-state index in [1.807, 2.05) is 17.5 Å². The molecule has 20 heavy (non-hydrogen) atoms. The summed E-state index contributed by atoms with van der Waals surface area (Å²) in [5, 5.41) is 1.95. The van der Waals surface area contributed by atoms with Gasteiger partial charge >= 0.3 is 141 Å². The van der Waals surface area contributed by atoms with E-state index in [2.05, 4.69) is 58.4 Å². The summed E-state index contributed by atoms with van der Waals surface area (Å²) < 4.78 is 1.91. The predicted molar refractivity (Wildman–Crippen MR) is 97.4 cm³/mol. The normalized spacial score (nSPS) is 12.4. The standard InChI is InChI=1S/C15H16Br2OSTe/c1-10-7-11(2)15(12(3)8-10)20(16,17)9-13(18)14-5-4-6-19-14/h4-8H,9H2,1-3H3. The van der Waals surface area contributed by atoms with Crippen LogP contribution >= 0.6 is 36.8 Å². The van der Waals surface area contributed by atoms with Gasteiger partial charge in [0.05, 0.1) is 0 Å². The number of carbonyl (C=O) groups is 1. The van der Waals surface area contributed by atoms with E-state index in [-0.39, 0.29) is 5.78 Å². The number of carbonyl (C=O) groups excluding carboxylic acids is 1. The molecule has 1 aromatic heterocycles. The summed E-state index contributed by atoms with van der Waals surface area (Å²) in [5.41, 5.74) is 3.82. The fourth-order valence-electron chi connectivity index (χ4n) is 2.38. The van der Waals surface area contributed by atoms with Gasteiger partial charge in [-0.2, -0.15) is 0 Å². The molecule has 1 heterocycles. The number of benzene rings is 1. The number of rotatable bonds is 4. The van der Waals surface area contributed by atoms with Crippen molar-refractivity contribution in [1.82, 2.24) is 0 Å². The molecular weight excluding hydrogens is 516 g/mol. The number of thiophene rings is 1. The third kappa shape index (κ3) is 3.75. The maximum absolute atomic E-state index is 12.4. The van der Waals surface area contributed by atoms with Crippen LogP contribution in [0.1, 0.15) is 26.4 Å². The summed E-state index contributed by atoms with van der Waals surface area (Å²) in [4.78, 5) is 13.2. The minimum absolute atomic E-state index is 0.231. The molecule has 0 aliphatic carbocycles. The summed E-state index contributed by atoms with van der Waals surface area (Å²) in [5.74, 6) is 0.231. The van der Waals surface area contributed by atoms with Crippen LogP contribution in [0.4, 0.5) is 0 Å². The summed E-state index contributed by atoms with van der Waals surface area (Å²) in [6.07, 6.45) is 0. The Bertz CT molecular complexity index is 612. The Hall–Kier alpha value is 0.340. The molecule has 0 saturated carbocycles. The zero-order valence-electron chi connectivity index (χ0n) is 11.6. The maximum atomic E-state index is 12.4. The van der Waals surface area contributed by atoms with Crippen molar-refractivity contribution in [3.8, 4) is 0 Å². The zero-order chi connectivity index (χ0) is 14.9. The van der Waals surface area contributed by atoms with Crippen LogP contribution in [-0.4, -0.2) is 19.5 Å². The van der Waals surface area contributed by atoms with Gasteiger partial charge in [-0.1, -0.05) is 0 Å². The first-order valence-electron chi connectivity index (χ1n) is 6.16. The van der Waals surface area contributed by atoms with E-state index in [1.165, 1.54) is 31.6 Å². The first kappa shape index (κ1) is 16.7. The predicted octanol–water partition coefficient (Wildman–Crippen LogP) is 5.00. The van der Waals surface area contributed by atoms with Gasteiger partial charge in [-0.15, -0.1) is 0 Å². The number of hydrogen-bond acceptors (Lipinski definition) is 2. The molecule has 0 spiro atoms. The van der Waals surface area contributed by atoms with Crippen LogP contribution in [0.25, 0.3) is 0 Å². The molecule has 2 aromatic rings. The van der Waals surface area contributed by atoms with Crippen LogP contribution < -0.4 is 3.61 Å². The van der Waals surface area contributed by atoms with Gasteiger partial charge < -0.3 is 0 Å². The second-order valence-corrected chi connectivity index (χ2v) is 31.7. The SMILES string of the molecule is Cc1cc(C)c([Te](Br)(Br)CC(=O)c2cccs2)c(C)c1. The Labute approximate surface area is 140 Å².